The van der Waals surface area contributed by atoms with Crippen LogP contribution >= 0.6 is 0 Å². The maximum absolute atomic E-state index is 13.1. The summed E-state index contributed by atoms with van der Waals surface area (Å²) in [7, 11) is 0. The standard InChI is InChI=1S/C35H50N8O7/c1-33(2,3)49-31(47)38-27-24-20-40(21-25(24)27)19-22-9-11-23(12-10-22)43-14-13-26(37-30(43)46)36-29(45)42-17-15-41(16-18-42)28(44)35(7,8)39-32(48)50-34(4,5)6/h9-14,24-25,27H,15-21H2,1-8H3,(H,38,47)(H,39,48)(H,36,37,45,46)/t24-,25?,27?/m1/s1. The molecule has 0 bridgehead atoms. The molecule has 2 aromatic rings. The highest BCUT2D eigenvalue weighted by molar-refractivity contribution is 5.90. The summed E-state index contributed by atoms with van der Waals surface area (Å²) in [5.74, 6) is 0.719. The molecule has 3 aliphatic rings. The van der Waals surface area contributed by atoms with Crippen LogP contribution in [0, 0.1) is 11.8 Å². The number of hydrogen-bond donors (Lipinski definition) is 3. The van der Waals surface area contributed by atoms with Gasteiger partial charge in [0.25, 0.3) is 0 Å². The minimum atomic E-state index is -1.19. The van der Waals surface area contributed by atoms with Gasteiger partial charge < -0.3 is 29.9 Å². The topological polar surface area (TPSA) is 167 Å². The number of nitrogens with one attached hydrogen (secondary N) is 3. The Hall–Kier alpha value is -4.66. The molecule has 1 aromatic carbocycles. The molecule has 5 rings (SSSR count). The first kappa shape index (κ1) is 36.6. The molecule has 0 spiro atoms. The van der Waals surface area contributed by atoms with E-state index in [-0.39, 0.29) is 50.0 Å². The first-order valence-corrected chi connectivity index (χ1v) is 17.1. The number of alkyl carbamates (subject to hydrolysis) is 2. The molecule has 3 atom stereocenters. The number of aromatic nitrogens is 2. The molecule has 3 N–H and O–H groups in total. The van der Waals surface area contributed by atoms with Gasteiger partial charge in [-0.1, -0.05) is 12.1 Å². The molecular weight excluding hydrogens is 644 g/mol. The molecule has 50 heavy (non-hydrogen) atoms. The van der Waals surface area contributed by atoms with Gasteiger partial charge in [-0.3, -0.25) is 19.6 Å². The summed E-state index contributed by atoms with van der Waals surface area (Å²) >= 11 is 0. The normalized spacial score (nSPS) is 20.8. The van der Waals surface area contributed by atoms with Crippen molar-refractivity contribution in [2.45, 2.75) is 84.7 Å². The Labute approximate surface area is 292 Å². The molecular formula is C35H50N8O7. The van der Waals surface area contributed by atoms with Gasteiger partial charge in [-0.25, -0.2) is 19.2 Å². The van der Waals surface area contributed by atoms with Crippen molar-refractivity contribution in [1.82, 2.24) is 34.9 Å². The number of anilines is 1. The first-order valence-electron chi connectivity index (χ1n) is 17.1. The van der Waals surface area contributed by atoms with Gasteiger partial charge in [0, 0.05) is 58.1 Å². The van der Waals surface area contributed by atoms with Crippen molar-refractivity contribution in [1.29, 1.82) is 0 Å². The third-order valence-corrected chi connectivity index (χ3v) is 8.81. The number of carbonyl (C=O) groups is 4. The van der Waals surface area contributed by atoms with Gasteiger partial charge in [0.05, 0.1) is 5.69 Å². The largest absolute Gasteiger partial charge is 0.444 e. The van der Waals surface area contributed by atoms with Gasteiger partial charge in [-0.05, 0) is 91.0 Å². The van der Waals surface area contributed by atoms with Crippen molar-refractivity contribution >= 4 is 29.9 Å². The average molecular weight is 695 g/mol. The fourth-order valence-corrected chi connectivity index (χ4v) is 6.40. The van der Waals surface area contributed by atoms with E-state index in [4.69, 9.17) is 9.47 Å². The summed E-state index contributed by atoms with van der Waals surface area (Å²) in [6, 6.07) is 9.01. The predicted molar refractivity (Wildman–Crippen MR) is 186 cm³/mol. The molecule has 1 aromatic heterocycles. The number of amides is 5. The molecule has 1 aliphatic carbocycles. The number of ether oxygens (including phenoxy) is 2. The highest BCUT2D eigenvalue weighted by atomic mass is 16.6. The van der Waals surface area contributed by atoms with Gasteiger partial charge >= 0.3 is 23.9 Å². The molecule has 0 radical (unpaired) electrons. The summed E-state index contributed by atoms with van der Waals surface area (Å²) in [6.07, 6.45) is 0.530. The summed E-state index contributed by atoms with van der Waals surface area (Å²) in [5.41, 5.74) is -1.17. The number of urea groups is 1. The number of rotatable bonds is 7. The highest BCUT2D eigenvalue weighted by Gasteiger charge is 2.56. The average Bonchev–Trinajstić information content (AvgIpc) is 3.42. The van der Waals surface area contributed by atoms with Crippen molar-refractivity contribution in [2.75, 3.05) is 44.6 Å². The second-order valence-corrected chi connectivity index (χ2v) is 15.8. The number of hydrogen-bond acceptors (Lipinski definition) is 9. The molecule has 15 heteroatoms. The fourth-order valence-electron chi connectivity index (χ4n) is 6.40. The van der Waals surface area contributed by atoms with Crippen LogP contribution in [-0.4, -0.2) is 110 Å². The van der Waals surface area contributed by atoms with Crippen molar-refractivity contribution in [3.8, 4) is 5.69 Å². The lowest BCUT2D eigenvalue weighted by Crippen LogP contribution is -2.60. The Kier molecular flexibility index (Phi) is 10.2. The van der Waals surface area contributed by atoms with E-state index in [0.717, 1.165) is 25.2 Å². The smallest absolute Gasteiger partial charge is 0.408 e. The third kappa shape index (κ3) is 9.31. The number of likely N-dealkylation sites (tertiary alicyclic amines) is 1. The van der Waals surface area contributed by atoms with Crippen molar-refractivity contribution < 1.29 is 28.7 Å². The SMILES string of the molecule is CC(C)(C)OC(=O)NC1C2CN(Cc3ccc(-n4ccc(NC(=O)N5CCN(C(=O)C(C)(C)NC(=O)OC(C)(C)C)CC5)nc4=O)cc3)C[C@H]21. The Bertz CT molecular complexity index is 1640. The van der Waals surface area contributed by atoms with E-state index in [9.17, 15) is 24.0 Å². The number of piperazine rings is 1. The first-order chi connectivity index (χ1) is 23.3. The molecule has 272 valence electrons. The predicted octanol–water partition coefficient (Wildman–Crippen LogP) is 3.17. The Balaban J connectivity index is 1.07. The van der Waals surface area contributed by atoms with E-state index in [0.29, 0.717) is 17.5 Å². The van der Waals surface area contributed by atoms with E-state index < -0.39 is 34.6 Å². The van der Waals surface area contributed by atoms with Crippen LogP contribution in [0.3, 0.4) is 0 Å². The van der Waals surface area contributed by atoms with Gasteiger partial charge in [0.1, 0.15) is 22.6 Å². The minimum Gasteiger partial charge on any atom is -0.444 e. The lowest BCUT2D eigenvalue weighted by Gasteiger charge is -2.38. The Morgan fingerprint density at radius 3 is 1.92 bits per heavy atom. The van der Waals surface area contributed by atoms with E-state index in [1.54, 1.807) is 56.7 Å². The molecule has 1 saturated carbocycles. The van der Waals surface area contributed by atoms with Crippen LogP contribution in [0.15, 0.2) is 41.3 Å². The lowest BCUT2D eigenvalue weighted by atomic mass is 10.0. The number of benzene rings is 1. The van der Waals surface area contributed by atoms with Gasteiger partial charge in [0.2, 0.25) is 5.91 Å². The molecule has 3 heterocycles. The molecule has 2 saturated heterocycles. The molecule has 5 amide bonds. The van der Waals surface area contributed by atoms with Crippen LogP contribution in [0.5, 0.6) is 0 Å². The van der Waals surface area contributed by atoms with Crippen LogP contribution in [0.4, 0.5) is 20.2 Å². The quantitative estimate of drug-likeness (QED) is 0.395. The van der Waals surface area contributed by atoms with Crippen LogP contribution in [0.2, 0.25) is 0 Å². The summed E-state index contributed by atoms with van der Waals surface area (Å²) in [6.45, 7) is 17.7. The van der Waals surface area contributed by atoms with Crippen LogP contribution in [0.1, 0.15) is 61.0 Å². The fraction of sp³-hybridized carbons (Fsp3) is 0.600. The molecule has 15 nitrogen and oxygen atoms in total. The Morgan fingerprint density at radius 2 is 1.36 bits per heavy atom. The zero-order chi connectivity index (χ0) is 36.6. The number of nitrogens with zero attached hydrogens (tertiary/aromatic N) is 5. The van der Waals surface area contributed by atoms with Crippen molar-refractivity contribution in [2.24, 2.45) is 11.8 Å². The minimum absolute atomic E-state index is 0.126. The second kappa shape index (κ2) is 13.9. The zero-order valence-electron chi connectivity index (χ0n) is 30.2. The van der Waals surface area contributed by atoms with E-state index >= 15 is 0 Å². The molecule has 2 aliphatic heterocycles. The van der Waals surface area contributed by atoms with Gasteiger partial charge in [-0.2, -0.15) is 4.98 Å². The van der Waals surface area contributed by atoms with Crippen molar-refractivity contribution in [3.63, 3.8) is 0 Å². The summed E-state index contributed by atoms with van der Waals surface area (Å²) < 4.78 is 12.1. The van der Waals surface area contributed by atoms with E-state index in [1.165, 1.54) is 4.57 Å². The summed E-state index contributed by atoms with van der Waals surface area (Å²) in [5, 5.41) is 8.31. The highest BCUT2D eigenvalue weighted by Crippen LogP contribution is 2.46. The van der Waals surface area contributed by atoms with E-state index in [1.807, 2.05) is 45.0 Å². The number of carbonyl (C=O) groups excluding carboxylic acids is 4. The Morgan fingerprint density at radius 1 is 0.800 bits per heavy atom. The maximum Gasteiger partial charge on any atom is 0.408 e. The zero-order valence-corrected chi connectivity index (χ0v) is 30.2. The van der Waals surface area contributed by atoms with Crippen molar-refractivity contribution in [3.05, 3.63) is 52.6 Å². The van der Waals surface area contributed by atoms with Gasteiger partial charge in [0.15, 0.2) is 0 Å². The molecule has 3 fully saturated rings. The second-order valence-electron chi connectivity index (χ2n) is 15.8. The summed E-state index contributed by atoms with van der Waals surface area (Å²) in [4.78, 5) is 72.9. The van der Waals surface area contributed by atoms with Crippen LogP contribution < -0.4 is 21.6 Å². The number of fused-ring (bicyclic) bond motifs is 1. The maximum atomic E-state index is 13.1. The third-order valence-electron chi connectivity index (χ3n) is 8.81. The van der Waals surface area contributed by atoms with Crippen LogP contribution in [-0.2, 0) is 20.8 Å². The number of piperidine rings is 1. The van der Waals surface area contributed by atoms with Crippen LogP contribution in [0.25, 0.3) is 5.69 Å². The molecule has 2 unspecified atom stereocenters. The lowest BCUT2D eigenvalue weighted by molar-refractivity contribution is -0.138. The van der Waals surface area contributed by atoms with E-state index in [2.05, 4.69) is 25.8 Å². The van der Waals surface area contributed by atoms with Gasteiger partial charge in [-0.15, -0.1) is 0 Å². The monoisotopic (exact) mass is 694 g/mol.